The van der Waals surface area contributed by atoms with Crippen molar-refractivity contribution >= 4 is 34.8 Å². The lowest BCUT2D eigenvalue weighted by molar-refractivity contribution is 0.533. The zero-order valence-electron chi connectivity index (χ0n) is 11.0. The Balaban J connectivity index is 2.07. The van der Waals surface area contributed by atoms with Crippen molar-refractivity contribution < 1.29 is 0 Å². The Hall–Kier alpha value is -0.730. The third kappa shape index (κ3) is 4.39. The molecular formula is C16H16Cl3N. The van der Waals surface area contributed by atoms with Crippen LogP contribution >= 0.6 is 34.8 Å². The molecular weight excluding hydrogens is 313 g/mol. The van der Waals surface area contributed by atoms with Crippen LogP contribution in [0.3, 0.4) is 0 Å². The zero-order chi connectivity index (χ0) is 14.5. The molecule has 1 nitrogen and oxygen atoms in total. The van der Waals surface area contributed by atoms with Crippen molar-refractivity contribution in [2.75, 3.05) is 6.54 Å². The van der Waals surface area contributed by atoms with Crippen molar-refractivity contribution in [3.8, 4) is 0 Å². The molecule has 106 valence electrons. The first kappa shape index (κ1) is 15.7. The van der Waals surface area contributed by atoms with Gasteiger partial charge < -0.3 is 5.73 Å². The number of benzene rings is 2. The molecule has 0 bridgehead atoms. The average molecular weight is 329 g/mol. The molecule has 2 N–H and O–H groups in total. The van der Waals surface area contributed by atoms with Crippen molar-refractivity contribution in [2.24, 2.45) is 11.7 Å². The van der Waals surface area contributed by atoms with Crippen LogP contribution in [0.1, 0.15) is 11.1 Å². The summed E-state index contributed by atoms with van der Waals surface area (Å²) < 4.78 is 0. The highest BCUT2D eigenvalue weighted by Crippen LogP contribution is 2.24. The number of hydrogen-bond donors (Lipinski definition) is 1. The Morgan fingerprint density at radius 1 is 0.850 bits per heavy atom. The van der Waals surface area contributed by atoms with Crippen molar-refractivity contribution in [1.29, 1.82) is 0 Å². The summed E-state index contributed by atoms with van der Waals surface area (Å²) >= 11 is 18.0. The van der Waals surface area contributed by atoms with Gasteiger partial charge in [-0.15, -0.1) is 0 Å². The van der Waals surface area contributed by atoms with E-state index in [1.54, 1.807) is 6.07 Å². The van der Waals surface area contributed by atoms with Crippen LogP contribution in [0.15, 0.2) is 42.5 Å². The van der Waals surface area contributed by atoms with E-state index in [1.165, 1.54) is 5.56 Å². The van der Waals surface area contributed by atoms with Gasteiger partial charge in [0, 0.05) is 15.1 Å². The summed E-state index contributed by atoms with van der Waals surface area (Å²) in [7, 11) is 0. The summed E-state index contributed by atoms with van der Waals surface area (Å²) in [5.41, 5.74) is 8.20. The first-order valence-corrected chi connectivity index (χ1v) is 7.60. The minimum Gasteiger partial charge on any atom is -0.330 e. The molecule has 2 rings (SSSR count). The van der Waals surface area contributed by atoms with E-state index in [4.69, 9.17) is 40.5 Å². The average Bonchev–Trinajstić information content (AvgIpc) is 2.43. The number of halogens is 3. The largest absolute Gasteiger partial charge is 0.330 e. The van der Waals surface area contributed by atoms with E-state index in [9.17, 15) is 0 Å². The van der Waals surface area contributed by atoms with Crippen LogP contribution in [0.2, 0.25) is 15.1 Å². The second-order valence-corrected chi connectivity index (χ2v) is 6.15. The van der Waals surface area contributed by atoms with E-state index in [2.05, 4.69) is 0 Å². The molecule has 0 saturated carbocycles. The molecule has 1 atom stereocenters. The van der Waals surface area contributed by atoms with E-state index in [0.29, 0.717) is 22.5 Å². The highest BCUT2D eigenvalue weighted by atomic mass is 35.5. The first-order chi connectivity index (χ1) is 9.58. The summed E-state index contributed by atoms with van der Waals surface area (Å²) in [6, 6.07) is 13.5. The van der Waals surface area contributed by atoms with E-state index in [1.807, 2.05) is 36.4 Å². The lowest BCUT2D eigenvalue weighted by Gasteiger charge is -2.16. The van der Waals surface area contributed by atoms with Gasteiger partial charge in [-0.05, 0) is 60.7 Å². The minimum atomic E-state index is 0.342. The Morgan fingerprint density at radius 3 is 2.10 bits per heavy atom. The van der Waals surface area contributed by atoms with Crippen molar-refractivity contribution in [2.45, 2.75) is 12.8 Å². The highest BCUT2D eigenvalue weighted by Gasteiger charge is 2.11. The minimum absolute atomic E-state index is 0.342. The summed E-state index contributed by atoms with van der Waals surface area (Å²) in [6.45, 7) is 0.613. The summed E-state index contributed by atoms with van der Waals surface area (Å²) in [4.78, 5) is 0. The van der Waals surface area contributed by atoms with Gasteiger partial charge in [0.15, 0.2) is 0 Å². The molecule has 20 heavy (non-hydrogen) atoms. The van der Waals surface area contributed by atoms with Crippen LogP contribution in [-0.4, -0.2) is 6.54 Å². The molecule has 0 aliphatic heterocycles. The third-order valence-electron chi connectivity index (χ3n) is 3.29. The van der Waals surface area contributed by atoms with Crippen LogP contribution in [0, 0.1) is 5.92 Å². The van der Waals surface area contributed by atoms with E-state index in [-0.39, 0.29) is 0 Å². The predicted octanol–water partition coefficient (Wildman–Crippen LogP) is 5.01. The normalized spacial score (nSPS) is 12.4. The number of nitrogens with two attached hydrogens (primary N) is 1. The molecule has 0 fully saturated rings. The van der Waals surface area contributed by atoms with Crippen molar-refractivity contribution in [3.05, 3.63) is 68.7 Å². The Bertz CT molecular complexity index is 566. The number of rotatable bonds is 5. The molecule has 0 radical (unpaired) electrons. The van der Waals surface area contributed by atoms with E-state index < -0.39 is 0 Å². The van der Waals surface area contributed by atoms with Gasteiger partial charge >= 0.3 is 0 Å². The third-order valence-corrected chi connectivity index (χ3v) is 4.13. The first-order valence-electron chi connectivity index (χ1n) is 6.47. The maximum absolute atomic E-state index is 6.21. The zero-order valence-corrected chi connectivity index (χ0v) is 13.2. The van der Waals surface area contributed by atoms with Gasteiger partial charge in [0.25, 0.3) is 0 Å². The molecule has 0 aromatic heterocycles. The molecule has 0 heterocycles. The molecule has 0 saturated heterocycles. The van der Waals surface area contributed by atoms with Crippen molar-refractivity contribution in [1.82, 2.24) is 0 Å². The fraction of sp³-hybridized carbons (Fsp3) is 0.250. The SMILES string of the molecule is NCC(Cc1ccc(Cl)cc1)Cc1ccc(Cl)cc1Cl. The number of hydrogen-bond acceptors (Lipinski definition) is 1. The van der Waals surface area contributed by atoms with Gasteiger partial charge in [-0.25, -0.2) is 0 Å². The molecule has 2 aromatic rings. The summed E-state index contributed by atoms with van der Waals surface area (Å²) in [5.74, 6) is 0.342. The molecule has 0 aliphatic rings. The predicted molar refractivity (Wildman–Crippen MR) is 87.9 cm³/mol. The van der Waals surface area contributed by atoms with Gasteiger partial charge in [-0.3, -0.25) is 0 Å². The maximum Gasteiger partial charge on any atom is 0.0452 e. The Morgan fingerprint density at radius 2 is 1.50 bits per heavy atom. The van der Waals surface area contributed by atoms with E-state index in [0.717, 1.165) is 23.4 Å². The fourth-order valence-corrected chi connectivity index (χ4v) is 2.80. The standard InChI is InChI=1S/C16H16Cl3N/c17-14-4-1-11(2-5-14)7-12(10-20)8-13-3-6-15(18)9-16(13)19/h1-6,9,12H,7-8,10,20H2. The lowest BCUT2D eigenvalue weighted by atomic mass is 9.92. The molecule has 0 aliphatic carbocycles. The van der Waals surface area contributed by atoms with Crippen LogP contribution in [0.5, 0.6) is 0 Å². The fourth-order valence-electron chi connectivity index (χ4n) is 2.19. The van der Waals surface area contributed by atoms with Gasteiger partial charge in [0.2, 0.25) is 0 Å². The second kappa shape index (κ2) is 7.33. The highest BCUT2D eigenvalue weighted by molar-refractivity contribution is 6.35. The smallest absolute Gasteiger partial charge is 0.0452 e. The van der Waals surface area contributed by atoms with Crippen molar-refractivity contribution in [3.63, 3.8) is 0 Å². The summed E-state index contributed by atoms with van der Waals surface area (Å²) in [6.07, 6.45) is 1.75. The topological polar surface area (TPSA) is 26.0 Å². The quantitative estimate of drug-likeness (QED) is 0.820. The van der Waals surface area contributed by atoms with Gasteiger partial charge in [0.1, 0.15) is 0 Å². The monoisotopic (exact) mass is 327 g/mol. The molecule has 1 unspecified atom stereocenters. The Kier molecular flexibility index (Phi) is 5.74. The van der Waals surface area contributed by atoms with Crippen LogP contribution < -0.4 is 5.73 Å². The van der Waals surface area contributed by atoms with Gasteiger partial charge in [-0.1, -0.05) is 53.0 Å². The molecule has 0 amide bonds. The van der Waals surface area contributed by atoms with Gasteiger partial charge in [-0.2, -0.15) is 0 Å². The van der Waals surface area contributed by atoms with Crippen LogP contribution in [0.25, 0.3) is 0 Å². The summed E-state index contributed by atoms with van der Waals surface area (Å²) in [5, 5.41) is 2.10. The second-order valence-electron chi connectivity index (χ2n) is 4.87. The maximum atomic E-state index is 6.21. The van der Waals surface area contributed by atoms with Crippen LogP contribution in [-0.2, 0) is 12.8 Å². The molecule has 4 heteroatoms. The molecule has 2 aromatic carbocycles. The van der Waals surface area contributed by atoms with Gasteiger partial charge in [0.05, 0.1) is 0 Å². The lowest BCUT2D eigenvalue weighted by Crippen LogP contribution is -2.19. The Labute approximate surface area is 134 Å². The van der Waals surface area contributed by atoms with E-state index >= 15 is 0 Å². The molecule has 0 spiro atoms. The van der Waals surface area contributed by atoms with Crippen LogP contribution in [0.4, 0.5) is 0 Å².